The molecule has 102 valence electrons. The van der Waals surface area contributed by atoms with Crippen LogP contribution in [0.25, 0.3) is 0 Å². The Bertz CT molecular complexity index is 427. The van der Waals surface area contributed by atoms with Crippen molar-refractivity contribution in [1.29, 1.82) is 0 Å². The lowest BCUT2D eigenvalue weighted by molar-refractivity contribution is 0.174. The van der Waals surface area contributed by atoms with E-state index in [1.54, 1.807) is 0 Å². The maximum absolute atomic E-state index is 5.40. The van der Waals surface area contributed by atoms with Gasteiger partial charge in [0.2, 0.25) is 6.79 Å². The molecule has 6 heteroatoms. The van der Waals surface area contributed by atoms with Crippen LogP contribution in [-0.4, -0.2) is 38.4 Å². The van der Waals surface area contributed by atoms with Gasteiger partial charge < -0.3 is 19.7 Å². The van der Waals surface area contributed by atoms with Crippen LogP contribution in [0.3, 0.4) is 0 Å². The van der Waals surface area contributed by atoms with Crippen LogP contribution < -0.4 is 14.8 Å². The average Bonchev–Trinajstić information content (AvgIpc) is 2.71. The standard InChI is InChI=1S/C12H16N2O2.2ClH/c1-14(2)9-3-8-4-11-12(16-7-15-11)5-10(8)13-6-9;;/h4-5,9,13H,3,6-7H2,1-2H3;2*1H. The number of likely N-dealkylation sites (N-methyl/N-ethyl adjacent to an activating group) is 1. The van der Waals surface area contributed by atoms with Crippen molar-refractivity contribution in [2.45, 2.75) is 12.5 Å². The molecule has 0 radical (unpaired) electrons. The highest BCUT2D eigenvalue weighted by atomic mass is 35.5. The molecule has 18 heavy (non-hydrogen) atoms. The second kappa shape index (κ2) is 5.87. The van der Waals surface area contributed by atoms with Crippen molar-refractivity contribution in [2.75, 3.05) is 32.7 Å². The normalized spacial score (nSPS) is 19.4. The molecule has 0 saturated heterocycles. The van der Waals surface area contributed by atoms with Crippen LogP contribution in [0.15, 0.2) is 12.1 Å². The van der Waals surface area contributed by atoms with Gasteiger partial charge in [0.05, 0.1) is 0 Å². The van der Waals surface area contributed by atoms with Crippen molar-refractivity contribution in [3.63, 3.8) is 0 Å². The molecule has 1 atom stereocenters. The van der Waals surface area contributed by atoms with E-state index >= 15 is 0 Å². The fourth-order valence-electron chi connectivity index (χ4n) is 2.24. The van der Waals surface area contributed by atoms with Gasteiger partial charge >= 0.3 is 0 Å². The Hall–Kier alpha value is -0.840. The number of anilines is 1. The Morgan fingerprint density at radius 3 is 2.50 bits per heavy atom. The first-order valence-corrected chi connectivity index (χ1v) is 5.57. The zero-order valence-corrected chi connectivity index (χ0v) is 12.1. The molecular formula is C12H18Cl2N2O2. The monoisotopic (exact) mass is 292 g/mol. The van der Waals surface area contributed by atoms with Crippen LogP contribution >= 0.6 is 24.8 Å². The molecule has 1 aromatic carbocycles. The Kier molecular flexibility index (Phi) is 4.96. The molecule has 0 fully saturated rings. The van der Waals surface area contributed by atoms with Crippen molar-refractivity contribution < 1.29 is 9.47 Å². The van der Waals surface area contributed by atoms with Crippen LogP contribution in [0.5, 0.6) is 11.5 Å². The SMILES string of the molecule is CN(C)C1CNc2cc3c(cc2C1)OCO3.Cl.Cl. The molecule has 0 spiro atoms. The van der Waals surface area contributed by atoms with E-state index in [-0.39, 0.29) is 24.8 Å². The van der Waals surface area contributed by atoms with Crippen LogP contribution in [0, 0.1) is 0 Å². The molecular weight excluding hydrogens is 275 g/mol. The highest BCUT2D eigenvalue weighted by molar-refractivity contribution is 5.85. The molecule has 0 aliphatic carbocycles. The third-order valence-electron chi connectivity index (χ3n) is 3.31. The molecule has 3 rings (SSSR count). The summed E-state index contributed by atoms with van der Waals surface area (Å²) in [4.78, 5) is 2.25. The number of halogens is 2. The number of hydrogen-bond acceptors (Lipinski definition) is 4. The Morgan fingerprint density at radius 1 is 1.17 bits per heavy atom. The van der Waals surface area contributed by atoms with Gasteiger partial charge in [-0.3, -0.25) is 0 Å². The molecule has 0 bridgehead atoms. The molecule has 2 aliphatic rings. The molecule has 2 aliphatic heterocycles. The lowest BCUT2D eigenvalue weighted by atomic mass is 9.98. The minimum Gasteiger partial charge on any atom is -0.454 e. The van der Waals surface area contributed by atoms with Gasteiger partial charge in [-0.15, -0.1) is 24.8 Å². The Morgan fingerprint density at radius 2 is 1.83 bits per heavy atom. The van der Waals surface area contributed by atoms with E-state index in [1.165, 1.54) is 11.3 Å². The van der Waals surface area contributed by atoms with E-state index in [1.807, 2.05) is 6.07 Å². The lowest BCUT2D eigenvalue weighted by Gasteiger charge is -2.31. The first-order valence-electron chi connectivity index (χ1n) is 5.57. The summed E-state index contributed by atoms with van der Waals surface area (Å²) in [5, 5.41) is 3.45. The second-order valence-corrected chi connectivity index (χ2v) is 4.57. The minimum atomic E-state index is 0. The van der Waals surface area contributed by atoms with Gasteiger partial charge in [0.15, 0.2) is 11.5 Å². The molecule has 0 aromatic heterocycles. The molecule has 1 aromatic rings. The minimum absolute atomic E-state index is 0. The summed E-state index contributed by atoms with van der Waals surface area (Å²) in [6.45, 7) is 1.33. The predicted octanol–water partition coefficient (Wildman–Crippen LogP) is 2.16. The number of nitrogens with zero attached hydrogens (tertiary/aromatic N) is 1. The third kappa shape index (κ3) is 2.60. The number of rotatable bonds is 1. The van der Waals surface area contributed by atoms with Crippen molar-refractivity contribution in [3.05, 3.63) is 17.7 Å². The zero-order chi connectivity index (χ0) is 11.1. The maximum Gasteiger partial charge on any atom is 0.231 e. The predicted molar refractivity (Wildman–Crippen MR) is 76.7 cm³/mol. The van der Waals surface area contributed by atoms with Crippen LogP contribution in [-0.2, 0) is 6.42 Å². The average molecular weight is 293 g/mol. The summed E-state index contributed by atoms with van der Waals surface area (Å²) in [6, 6.07) is 4.69. The maximum atomic E-state index is 5.40. The van der Waals surface area contributed by atoms with Gasteiger partial charge in [-0.25, -0.2) is 0 Å². The Balaban J connectivity index is 0.000000810. The number of benzene rings is 1. The summed E-state index contributed by atoms with van der Waals surface area (Å²) in [5.74, 6) is 1.73. The molecule has 1 N–H and O–H groups in total. The largest absolute Gasteiger partial charge is 0.454 e. The summed E-state index contributed by atoms with van der Waals surface area (Å²) in [7, 11) is 4.23. The number of hydrogen-bond donors (Lipinski definition) is 1. The van der Waals surface area contributed by atoms with E-state index in [2.05, 4.69) is 30.4 Å². The van der Waals surface area contributed by atoms with E-state index < -0.39 is 0 Å². The topological polar surface area (TPSA) is 33.7 Å². The highest BCUT2D eigenvalue weighted by Gasteiger charge is 2.23. The Labute approximate surface area is 119 Å². The molecule has 4 nitrogen and oxygen atoms in total. The van der Waals surface area contributed by atoms with Crippen LogP contribution in [0.1, 0.15) is 5.56 Å². The van der Waals surface area contributed by atoms with E-state index in [0.717, 1.165) is 24.5 Å². The van der Waals surface area contributed by atoms with E-state index in [0.29, 0.717) is 12.8 Å². The first kappa shape index (κ1) is 15.2. The summed E-state index contributed by atoms with van der Waals surface area (Å²) in [6.07, 6.45) is 1.06. The van der Waals surface area contributed by atoms with Crippen molar-refractivity contribution >= 4 is 30.5 Å². The van der Waals surface area contributed by atoms with Crippen LogP contribution in [0.4, 0.5) is 5.69 Å². The fraction of sp³-hybridized carbons (Fsp3) is 0.500. The number of fused-ring (bicyclic) bond motifs is 2. The molecule has 1 unspecified atom stereocenters. The quantitative estimate of drug-likeness (QED) is 0.860. The smallest absolute Gasteiger partial charge is 0.231 e. The van der Waals surface area contributed by atoms with E-state index in [4.69, 9.17) is 9.47 Å². The first-order chi connectivity index (χ1) is 7.74. The van der Waals surface area contributed by atoms with Gasteiger partial charge in [0, 0.05) is 24.3 Å². The van der Waals surface area contributed by atoms with Gasteiger partial charge in [-0.1, -0.05) is 0 Å². The van der Waals surface area contributed by atoms with Crippen molar-refractivity contribution in [1.82, 2.24) is 4.90 Å². The number of nitrogens with one attached hydrogen (secondary N) is 1. The summed E-state index contributed by atoms with van der Waals surface area (Å²) < 4.78 is 10.8. The second-order valence-electron chi connectivity index (χ2n) is 4.57. The highest BCUT2D eigenvalue weighted by Crippen LogP contribution is 2.38. The summed E-state index contributed by atoms with van der Waals surface area (Å²) in [5.41, 5.74) is 2.50. The van der Waals surface area contributed by atoms with Gasteiger partial charge in [0.1, 0.15) is 0 Å². The molecule has 0 saturated carbocycles. The zero-order valence-electron chi connectivity index (χ0n) is 10.4. The molecule has 2 heterocycles. The van der Waals surface area contributed by atoms with Crippen molar-refractivity contribution in [2.24, 2.45) is 0 Å². The lowest BCUT2D eigenvalue weighted by Crippen LogP contribution is -2.39. The van der Waals surface area contributed by atoms with Gasteiger partial charge in [0.25, 0.3) is 0 Å². The third-order valence-corrected chi connectivity index (χ3v) is 3.31. The van der Waals surface area contributed by atoms with Gasteiger partial charge in [-0.2, -0.15) is 0 Å². The molecule has 0 amide bonds. The van der Waals surface area contributed by atoms with Crippen LogP contribution in [0.2, 0.25) is 0 Å². The van der Waals surface area contributed by atoms with E-state index in [9.17, 15) is 0 Å². The van der Waals surface area contributed by atoms with Crippen molar-refractivity contribution in [3.8, 4) is 11.5 Å². The summed E-state index contributed by atoms with van der Waals surface area (Å²) >= 11 is 0. The van der Waals surface area contributed by atoms with Gasteiger partial charge in [-0.05, 0) is 32.1 Å². The number of ether oxygens (including phenoxy) is 2. The fourth-order valence-corrected chi connectivity index (χ4v) is 2.24.